The molecule has 2 nitrogen and oxygen atoms in total. The summed E-state index contributed by atoms with van der Waals surface area (Å²) in [6, 6.07) is 7.79. The Morgan fingerprint density at radius 1 is 1.31 bits per heavy atom. The summed E-state index contributed by atoms with van der Waals surface area (Å²) in [7, 11) is 0. The third-order valence-electron chi connectivity index (χ3n) is 2.03. The summed E-state index contributed by atoms with van der Waals surface area (Å²) in [5.41, 5.74) is 0.925. The van der Waals surface area contributed by atoms with Crippen molar-refractivity contribution in [3.63, 3.8) is 0 Å². The van der Waals surface area contributed by atoms with Gasteiger partial charge in [-0.3, -0.25) is 0 Å². The van der Waals surface area contributed by atoms with Crippen LogP contribution in [0.15, 0.2) is 24.3 Å². The molecule has 0 bridgehead atoms. The fourth-order valence-corrected chi connectivity index (χ4v) is 1.23. The zero-order valence-corrected chi connectivity index (χ0v) is 9.70. The molecular formula is C14H18O2. The Morgan fingerprint density at radius 2 is 2.12 bits per heavy atom. The van der Waals surface area contributed by atoms with E-state index in [0.717, 1.165) is 37.2 Å². The summed E-state index contributed by atoms with van der Waals surface area (Å²) in [5.74, 6) is 6.95. The molecule has 0 saturated carbocycles. The second kappa shape index (κ2) is 7.78. The highest BCUT2D eigenvalue weighted by Gasteiger charge is 1.98. The molecule has 2 heteroatoms. The zero-order valence-electron chi connectivity index (χ0n) is 9.70. The van der Waals surface area contributed by atoms with Crippen molar-refractivity contribution in [2.24, 2.45) is 0 Å². The number of benzene rings is 1. The molecule has 0 atom stereocenters. The molecule has 0 aliphatic rings. The molecule has 0 amide bonds. The van der Waals surface area contributed by atoms with Crippen LogP contribution in [0.4, 0.5) is 0 Å². The first-order valence-corrected chi connectivity index (χ1v) is 5.70. The smallest absolute Gasteiger partial charge is 0.134 e. The average Bonchev–Trinajstić information content (AvgIpc) is 2.33. The van der Waals surface area contributed by atoms with Crippen LogP contribution in [0.1, 0.15) is 31.7 Å². The van der Waals surface area contributed by atoms with Gasteiger partial charge in [0.1, 0.15) is 5.75 Å². The van der Waals surface area contributed by atoms with E-state index in [1.165, 1.54) is 0 Å². The fraction of sp³-hybridized carbons (Fsp3) is 0.429. The van der Waals surface area contributed by atoms with E-state index in [-0.39, 0.29) is 6.61 Å². The maximum absolute atomic E-state index is 8.64. The average molecular weight is 218 g/mol. The number of ether oxygens (including phenoxy) is 1. The fourth-order valence-electron chi connectivity index (χ4n) is 1.23. The quantitative estimate of drug-likeness (QED) is 0.608. The van der Waals surface area contributed by atoms with Gasteiger partial charge in [-0.15, -0.1) is 0 Å². The van der Waals surface area contributed by atoms with Gasteiger partial charge in [-0.1, -0.05) is 30.9 Å². The van der Waals surface area contributed by atoms with Crippen molar-refractivity contribution in [3.05, 3.63) is 29.8 Å². The van der Waals surface area contributed by atoms with E-state index in [9.17, 15) is 0 Å². The highest BCUT2D eigenvalue weighted by Crippen LogP contribution is 2.16. The molecule has 0 radical (unpaired) electrons. The van der Waals surface area contributed by atoms with E-state index < -0.39 is 0 Å². The summed E-state index contributed by atoms with van der Waals surface area (Å²) in [4.78, 5) is 0. The predicted molar refractivity (Wildman–Crippen MR) is 65.4 cm³/mol. The van der Waals surface area contributed by atoms with Crippen molar-refractivity contribution in [1.82, 2.24) is 0 Å². The Labute approximate surface area is 97.3 Å². The van der Waals surface area contributed by atoms with Gasteiger partial charge >= 0.3 is 0 Å². The second-order valence-corrected chi connectivity index (χ2v) is 3.47. The molecule has 0 heterocycles. The second-order valence-electron chi connectivity index (χ2n) is 3.47. The molecule has 0 spiro atoms. The van der Waals surface area contributed by atoms with Crippen LogP contribution < -0.4 is 4.74 Å². The summed E-state index contributed by atoms with van der Waals surface area (Å²) in [6.45, 7) is 2.99. The van der Waals surface area contributed by atoms with Crippen molar-refractivity contribution >= 4 is 0 Å². The van der Waals surface area contributed by atoms with Crippen LogP contribution in [0, 0.1) is 11.8 Å². The maximum atomic E-state index is 8.64. The van der Waals surface area contributed by atoms with Crippen molar-refractivity contribution < 1.29 is 9.84 Å². The van der Waals surface area contributed by atoms with Gasteiger partial charge in [0.25, 0.3) is 0 Å². The molecular weight excluding hydrogens is 200 g/mol. The molecule has 0 fully saturated rings. The lowest BCUT2D eigenvalue weighted by molar-refractivity contribution is 0.290. The lowest BCUT2D eigenvalue weighted by Gasteiger charge is -2.05. The van der Waals surface area contributed by atoms with Gasteiger partial charge < -0.3 is 9.84 Å². The Bertz CT molecular complexity index is 360. The van der Waals surface area contributed by atoms with Gasteiger partial charge in [-0.25, -0.2) is 0 Å². The summed E-state index contributed by atoms with van der Waals surface area (Å²) < 4.78 is 5.59. The van der Waals surface area contributed by atoms with Crippen LogP contribution >= 0.6 is 0 Å². The predicted octanol–water partition coefficient (Wildman–Crippen LogP) is 2.60. The monoisotopic (exact) mass is 218 g/mol. The number of aliphatic hydroxyl groups is 1. The highest BCUT2D eigenvalue weighted by molar-refractivity contribution is 5.45. The van der Waals surface area contributed by atoms with Crippen molar-refractivity contribution in [2.75, 3.05) is 13.2 Å². The summed E-state index contributed by atoms with van der Waals surface area (Å²) in [6.07, 6.45) is 2.44. The molecule has 0 unspecified atom stereocenters. The molecule has 1 rings (SSSR count). The van der Waals surface area contributed by atoms with E-state index in [2.05, 4.69) is 18.8 Å². The van der Waals surface area contributed by atoms with Gasteiger partial charge in [0.2, 0.25) is 0 Å². The minimum Gasteiger partial charge on any atom is -0.492 e. The number of rotatable bonds is 5. The maximum Gasteiger partial charge on any atom is 0.134 e. The third-order valence-corrected chi connectivity index (χ3v) is 2.03. The van der Waals surface area contributed by atoms with Crippen molar-refractivity contribution in [2.45, 2.75) is 26.2 Å². The first kappa shape index (κ1) is 12.6. The molecule has 1 aromatic rings. The third kappa shape index (κ3) is 4.37. The van der Waals surface area contributed by atoms with Gasteiger partial charge in [-0.05, 0) is 25.0 Å². The Balaban J connectivity index is 2.65. The normalized spacial score (nSPS) is 9.38. The molecule has 0 aromatic heterocycles. The van der Waals surface area contributed by atoms with Gasteiger partial charge in [0.15, 0.2) is 0 Å². The van der Waals surface area contributed by atoms with E-state index >= 15 is 0 Å². The van der Waals surface area contributed by atoms with E-state index in [1.807, 2.05) is 24.3 Å². The topological polar surface area (TPSA) is 29.5 Å². The Morgan fingerprint density at radius 3 is 2.88 bits per heavy atom. The number of para-hydroxylation sites is 1. The lowest BCUT2D eigenvalue weighted by atomic mass is 10.2. The first-order chi connectivity index (χ1) is 7.88. The number of unbranched alkanes of at least 4 members (excludes halogenated alkanes) is 1. The summed E-state index contributed by atoms with van der Waals surface area (Å²) >= 11 is 0. The van der Waals surface area contributed by atoms with Gasteiger partial charge in [-0.2, -0.15) is 0 Å². The molecule has 16 heavy (non-hydrogen) atoms. The molecule has 0 aliphatic carbocycles. The van der Waals surface area contributed by atoms with Crippen LogP contribution in [0.5, 0.6) is 5.75 Å². The lowest BCUT2D eigenvalue weighted by Crippen LogP contribution is -1.96. The zero-order chi connectivity index (χ0) is 11.6. The Kier molecular flexibility index (Phi) is 6.13. The minimum absolute atomic E-state index is 0.197. The van der Waals surface area contributed by atoms with E-state index in [1.54, 1.807) is 0 Å². The SMILES string of the molecule is CCCOc1ccccc1C#CCCCO. The molecule has 1 aromatic carbocycles. The van der Waals surface area contributed by atoms with Gasteiger partial charge in [0.05, 0.1) is 12.2 Å². The Hall–Kier alpha value is -1.46. The minimum atomic E-state index is 0.197. The van der Waals surface area contributed by atoms with Crippen molar-refractivity contribution in [1.29, 1.82) is 0 Å². The molecule has 0 aliphatic heterocycles. The molecule has 1 N–H and O–H groups in total. The van der Waals surface area contributed by atoms with E-state index in [0.29, 0.717) is 0 Å². The first-order valence-electron chi connectivity index (χ1n) is 5.70. The molecule has 86 valence electrons. The van der Waals surface area contributed by atoms with Gasteiger partial charge in [0, 0.05) is 13.0 Å². The number of hydrogen-bond acceptors (Lipinski definition) is 2. The number of aliphatic hydroxyl groups excluding tert-OH is 1. The highest BCUT2D eigenvalue weighted by atomic mass is 16.5. The number of hydrogen-bond donors (Lipinski definition) is 1. The van der Waals surface area contributed by atoms with Crippen molar-refractivity contribution in [3.8, 4) is 17.6 Å². The van der Waals surface area contributed by atoms with Crippen LogP contribution in [0.2, 0.25) is 0 Å². The van der Waals surface area contributed by atoms with Crippen LogP contribution in [0.25, 0.3) is 0 Å². The van der Waals surface area contributed by atoms with Crippen LogP contribution in [0.3, 0.4) is 0 Å². The molecule has 0 saturated heterocycles. The standard InChI is InChI=1S/C14H18O2/c1-2-12-16-14-10-6-5-9-13(14)8-4-3-7-11-15/h5-6,9-10,15H,2-3,7,11-12H2,1H3. The largest absolute Gasteiger partial charge is 0.492 e. The summed E-state index contributed by atoms with van der Waals surface area (Å²) in [5, 5.41) is 8.64. The van der Waals surface area contributed by atoms with Crippen LogP contribution in [-0.4, -0.2) is 18.3 Å². The van der Waals surface area contributed by atoms with Crippen LogP contribution in [-0.2, 0) is 0 Å². The van der Waals surface area contributed by atoms with E-state index in [4.69, 9.17) is 9.84 Å².